The van der Waals surface area contributed by atoms with Crippen LogP contribution in [0.5, 0.6) is 0 Å². The Morgan fingerprint density at radius 2 is 2.24 bits per heavy atom. The van der Waals surface area contributed by atoms with Gasteiger partial charge < -0.3 is 4.98 Å². The monoisotopic (exact) mass is 293 g/mol. The predicted molar refractivity (Wildman–Crippen MR) is 69.9 cm³/mol. The molecule has 0 aliphatic carbocycles. The van der Waals surface area contributed by atoms with Gasteiger partial charge in [-0.3, -0.25) is 4.79 Å². The van der Waals surface area contributed by atoms with Gasteiger partial charge in [-0.1, -0.05) is 6.92 Å². The van der Waals surface area contributed by atoms with Gasteiger partial charge in [0.2, 0.25) is 0 Å². The van der Waals surface area contributed by atoms with Crippen LogP contribution in [0.1, 0.15) is 18.2 Å². The molecule has 0 saturated carbocycles. The first-order chi connectivity index (χ1) is 8.15. The Hall–Kier alpha value is -1.49. The summed E-state index contributed by atoms with van der Waals surface area (Å²) in [4.78, 5) is 22.6. The van der Waals surface area contributed by atoms with Crippen LogP contribution >= 0.6 is 15.9 Å². The molecule has 2 aromatic rings. The summed E-state index contributed by atoms with van der Waals surface area (Å²) in [6, 6.07) is 1.84. The molecule has 0 unspecified atom stereocenters. The molecule has 0 radical (unpaired) electrons. The molecule has 0 aliphatic rings. The molecule has 0 saturated heterocycles. The van der Waals surface area contributed by atoms with Crippen LogP contribution in [0.3, 0.4) is 0 Å². The first kappa shape index (κ1) is 12.0. The Labute approximate surface area is 107 Å². The molecule has 0 atom stereocenters. The minimum Gasteiger partial charge on any atom is -0.325 e. The third-order valence-corrected chi connectivity index (χ3v) is 3.47. The minimum atomic E-state index is -0.0999. The lowest BCUT2D eigenvalue weighted by molar-refractivity contribution is 1.03. The van der Waals surface area contributed by atoms with Crippen LogP contribution in [0.4, 0.5) is 0 Å². The summed E-state index contributed by atoms with van der Waals surface area (Å²) < 4.78 is 0.583. The zero-order valence-corrected chi connectivity index (χ0v) is 11.2. The van der Waals surface area contributed by atoms with Gasteiger partial charge in [0.15, 0.2) is 0 Å². The van der Waals surface area contributed by atoms with Crippen LogP contribution in [-0.2, 0) is 6.42 Å². The number of H-pyrrole nitrogens is 1. The van der Waals surface area contributed by atoms with E-state index in [9.17, 15) is 4.79 Å². The van der Waals surface area contributed by atoms with Gasteiger partial charge in [0.25, 0.3) is 5.56 Å². The average Bonchev–Trinajstić information content (AvgIpc) is 2.34. The van der Waals surface area contributed by atoms with E-state index in [1.807, 2.05) is 19.9 Å². The summed E-state index contributed by atoms with van der Waals surface area (Å²) in [5.41, 5.74) is 3.50. The molecule has 0 bridgehead atoms. The number of aromatic amines is 1. The molecule has 1 N–H and O–H groups in total. The van der Waals surface area contributed by atoms with E-state index in [4.69, 9.17) is 0 Å². The second kappa shape index (κ2) is 4.79. The Kier molecular flexibility index (Phi) is 3.38. The van der Waals surface area contributed by atoms with Crippen molar-refractivity contribution in [1.29, 1.82) is 0 Å². The Bertz CT molecular complexity index is 593. The zero-order valence-electron chi connectivity index (χ0n) is 9.62. The molecule has 2 rings (SSSR count). The van der Waals surface area contributed by atoms with E-state index >= 15 is 0 Å². The second-order valence-electron chi connectivity index (χ2n) is 3.69. The number of hydrogen-bond acceptors (Lipinski definition) is 3. The van der Waals surface area contributed by atoms with Crippen molar-refractivity contribution >= 4 is 15.9 Å². The molecule has 88 valence electrons. The highest BCUT2D eigenvalue weighted by Crippen LogP contribution is 2.27. The number of rotatable bonds is 2. The fraction of sp³-hybridized carbons (Fsp3) is 0.250. The molecule has 4 nitrogen and oxygen atoms in total. The van der Waals surface area contributed by atoms with E-state index < -0.39 is 0 Å². The SMILES string of the molecule is CCc1c(-c2ccncn2)c(C)[nH]c(=O)c1Br. The minimum absolute atomic E-state index is 0.0999. The lowest BCUT2D eigenvalue weighted by atomic mass is 10.0. The first-order valence-electron chi connectivity index (χ1n) is 5.32. The van der Waals surface area contributed by atoms with Crippen molar-refractivity contribution in [1.82, 2.24) is 15.0 Å². The van der Waals surface area contributed by atoms with Gasteiger partial charge in [0.05, 0.1) is 10.2 Å². The van der Waals surface area contributed by atoms with Crippen molar-refractivity contribution < 1.29 is 0 Å². The fourth-order valence-electron chi connectivity index (χ4n) is 1.88. The van der Waals surface area contributed by atoms with E-state index in [-0.39, 0.29) is 5.56 Å². The molecular formula is C12H12BrN3O. The number of halogens is 1. The Morgan fingerprint density at radius 1 is 1.47 bits per heavy atom. The largest absolute Gasteiger partial charge is 0.325 e. The number of nitrogens with one attached hydrogen (secondary N) is 1. The van der Waals surface area contributed by atoms with Crippen LogP contribution < -0.4 is 5.56 Å². The molecule has 0 spiro atoms. The number of pyridine rings is 1. The van der Waals surface area contributed by atoms with Gasteiger partial charge in [-0.05, 0) is 40.9 Å². The normalized spacial score (nSPS) is 10.5. The van der Waals surface area contributed by atoms with Gasteiger partial charge >= 0.3 is 0 Å². The quantitative estimate of drug-likeness (QED) is 0.925. The van der Waals surface area contributed by atoms with E-state index in [1.165, 1.54) is 6.33 Å². The summed E-state index contributed by atoms with van der Waals surface area (Å²) in [6.45, 7) is 3.90. The van der Waals surface area contributed by atoms with Crippen molar-refractivity contribution in [3.05, 3.63) is 44.7 Å². The highest BCUT2D eigenvalue weighted by molar-refractivity contribution is 9.10. The number of hydrogen-bond donors (Lipinski definition) is 1. The van der Waals surface area contributed by atoms with Crippen LogP contribution in [0.2, 0.25) is 0 Å². The van der Waals surface area contributed by atoms with E-state index in [1.54, 1.807) is 6.20 Å². The smallest absolute Gasteiger partial charge is 0.262 e. The van der Waals surface area contributed by atoms with Crippen molar-refractivity contribution in [2.75, 3.05) is 0 Å². The van der Waals surface area contributed by atoms with Gasteiger partial charge in [0.1, 0.15) is 6.33 Å². The van der Waals surface area contributed by atoms with Gasteiger partial charge in [-0.25, -0.2) is 9.97 Å². The first-order valence-corrected chi connectivity index (χ1v) is 6.12. The van der Waals surface area contributed by atoms with Crippen molar-refractivity contribution in [2.45, 2.75) is 20.3 Å². The van der Waals surface area contributed by atoms with Gasteiger partial charge in [-0.15, -0.1) is 0 Å². The van der Waals surface area contributed by atoms with Crippen molar-refractivity contribution in [2.24, 2.45) is 0 Å². The molecule has 2 heterocycles. The molecule has 17 heavy (non-hydrogen) atoms. The van der Waals surface area contributed by atoms with Gasteiger partial charge in [0, 0.05) is 17.5 Å². The van der Waals surface area contributed by atoms with E-state index in [0.717, 1.165) is 28.9 Å². The number of aromatic nitrogens is 3. The maximum absolute atomic E-state index is 11.7. The van der Waals surface area contributed by atoms with Crippen molar-refractivity contribution in [3.63, 3.8) is 0 Å². The molecule has 0 amide bonds. The highest BCUT2D eigenvalue weighted by Gasteiger charge is 2.14. The number of nitrogens with zero attached hydrogens (tertiary/aromatic N) is 2. The third kappa shape index (κ3) is 2.15. The molecule has 0 aromatic carbocycles. The maximum atomic E-state index is 11.7. The standard InChI is InChI=1S/C12H12BrN3O/c1-3-8-10(9-4-5-14-6-15-9)7(2)16-12(17)11(8)13/h4-6H,3H2,1-2H3,(H,16,17). The molecule has 0 fully saturated rings. The summed E-state index contributed by atoms with van der Waals surface area (Å²) in [5, 5.41) is 0. The summed E-state index contributed by atoms with van der Waals surface area (Å²) in [6.07, 6.45) is 3.97. The van der Waals surface area contributed by atoms with E-state index in [0.29, 0.717) is 4.47 Å². The highest BCUT2D eigenvalue weighted by atomic mass is 79.9. The summed E-state index contributed by atoms with van der Waals surface area (Å²) in [5.74, 6) is 0. The molecule has 2 aromatic heterocycles. The lowest BCUT2D eigenvalue weighted by Gasteiger charge is -2.11. The van der Waals surface area contributed by atoms with Crippen LogP contribution in [-0.4, -0.2) is 15.0 Å². The van der Waals surface area contributed by atoms with Gasteiger partial charge in [-0.2, -0.15) is 0 Å². The van der Waals surface area contributed by atoms with Crippen molar-refractivity contribution in [3.8, 4) is 11.3 Å². The topological polar surface area (TPSA) is 58.6 Å². The predicted octanol–water partition coefficient (Wildman–Crippen LogP) is 2.47. The van der Waals surface area contributed by atoms with Crippen LogP contribution in [0, 0.1) is 6.92 Å². The molecular weight excluding hydrogens is 282 g/mol. The fourth-order valence-corrected chi connectivity index (χ4v) is 2.46. The van der Waals surface area contributed by atoms with E-state index in [2.05, 4.69) is 30.9 Å². The van der Waals surface area contributed by atoms with Crippen LogP contribution in [0.15, 0.2) is 27.9 Å². The Morgan fingerprint density at radius 3 is 2.82 bits per heavy atom. The number of aryl methyl sites for hydroxylation is 1. The summed E-state index contributed by atoms with van der Waals surface area (Å²) in [7, 11) is 0. The Balaban J connectivity index is 2.78. The molecule has 0 aliphatic heterocycles. The lowest BCUT2D eigenvalue weighted by Crippen LogP contribution is -2.13. The molecule has 5 heteroatoms. The maximum Gasteiger partial charge on any atom is 0.262 e. The van der Waals surface area contributed by atoms with Crippen LogP contribution in [0.25, 0.3) is 11.3 Å². The second-order valence-corrected chi connectivity index (χ2v) is 4.49. The zero-order chi connectivity index (χ0) is 12.4. The average molecular weight is 294 g/mol. The summed E-state index contributed by atoms with van der Waals surface area (Å²) >= 11 is 3.34. The third-order valence-electron chi connectivity index (χ3n) is 2.63.